The molecule has 1 aliphatic carbocycles. The van der Waals surface area contributed by atoms with Gasteiger partial charge in [0, 0.05) is 27.5 Å². The van der Waals surface area contributed by atoms with Crippen molar-refractivity contribution in [3.8, 4) is 56.4 Å². The number of benzene rings is 6. The highest BCUT2D eigenvalue weighted by Crippen LogP contribution is 2.49. The summed E-state index contributed by atoms with van der Waals surface area (Å²) in [5.74, 6) is 1.82. The predicted octanol–water partition coefficient (Wildman–Crippen LogP) is 10.2. The Balaban J connectivity index is 1.34. The fourth-order valence-electron chi connectivity index (χ4n) is 6.34. The molecule has 0 aliphatic heterocycles. The van der Waals surface area contributed by atoms with E-state index in [0.29, 0.717) is 28.1 Å². The Kier molecular flexibility index (Phi) is 4.92. The summed E-state index contributed by atoms with van der Waals surface area (Å²) in [6, 6.07) is 41.2. The van der Waals surface area contributed by atoms with Crippen LogP contribution in [0, 0.1) is 0 Å². The van der Waals surface area contributed by atoms with Crippen LogP contribution in [0.1, 0.15) is 0 Å². The monoisotopic (exact) mass is 557 g/mol. The number of hydrogen-bond acceptors (Lipinski definition) is 4. The second-order valence-electron chi connectivity index (χ2n) is 10.5. The highest BCUT2D eigenvalue weighted by atomic mass is 35.5. The minimum Gasteiger partial charge on any atom is -0.454 e. The summed E-state index contributed by atoms with van der Waals surface area (Å²) in [7, 11) is 0. The summed E-state index contributed by atoms with van der Waals surface area (Å²) in [4.78, 5) is 15.2. The third-order valence-corrected chi connectivity index (χ3v) is 8.47. The van der Waals surface area contributed by atoms with E-state index in [9.17, 15) is 0 Å². The molecule has 9 rings (SSSR count). The average Bonchev–Trinajstić information content (AvgIpc) is 3.60. The van der Waals surface area contributed by atoms with Gasteiger partial charge in [-0.1, -0.05) is 115 Å². The average molecular weight is 558 g/mol. The second kappa shape index (κ2) is 8.84. The van der Waals surface area contributed by atoms with Gasteiger partial charge in [0.1, 0.15) is 5.58 Å². The number of aromatic nitrogens is 3. The van der Waals surface area contributed by atoms with Crippen LogP contribution in [-0.4, -0.2) is 15.0 Å². The number of hydrogen-bond donors (Lipinski definition) is 0. The Bertz CT molecular complexity index is 2350. The van der Waals surface area contributed by atoms with Crippen LogP contribution in [0.5, 0.6) is 0 Å². The van der Waals surface area contributed by atoms with Gasteiger partial charge >= 0.3 is 0 Å². The highest BCUT2D eigenvalue weighted by Gasteiger charge is 2.24. The lowest BCUT2D eigenvalue weighted by atomic mass is 9.98. The molecule has 6 aromatic carbocycles. The normalized spacial score (nSPS) is 11.9. The zero-order chi connectivity index (χ0) is 27.8. The Morgan fingerprint density at radius 1 is 0.429 bits per heavy atom. The van der Waals surface area contributed by atoms with Crippen LogP contribution in [-0.2, 0) is 0 Å². The molecule has 0 radical (unpaired) electrons. The van der Waals surface area contributed by atoms with Crippen LogP contribution in [0.4, 0.5) is 0 Å². The lowest BCUT2D eigenvalue weighted by molar-refractivity contribution is 0.669. The van der Waals surface area contributed by atoms with Gasteiger partial charge in [-0.3, -0.25) is 0 Å². The zero-order valence-corrected chi connectivity index (χ0v) is 22.9. The van der Waals surface area contributed by atoms with Gasteiger partial charge in [0.2, 0.25) is 0 Å². The summed E-state index contributed by atoms with van der Waals surface area (Å²) in [6.45, 7) is 0. The van der Waals surface area contributed by atoms with Gasteiger partial charge in [-0.15, -0.1) is 0 Å². The first-order valence-electron chi connectivity index (χ1n) is 13.8. The maximum absolute atomic E-state index is 6.52. The number of fused-ring (bicyclic) bond motifs is 6. The maximum Gasteiger partial charge on any atom is 0.164 e. The van der Waals surface area contributed by atoms with Crippen LogP contribution >= 0.6 is 11.6 Å². The fourth-order valence-corrected chi connectivity index (χ4v) is 6.55. The molecule has 0 saturated heterocycles. The molecule has 0 atom stereocenters. The van der Waals surface area contributed by atoms with Crippen LogP contribution in [0.2, 0.25) is 5.02 Å². The van der Waals surface area contributed by atoms with Crippen LogP contribution in [0.15, 0.2) is 126 Å². The number of para-hydroxylation sites is 1. The van der Waals surface area contributed by atoms with Crippen molar-refractivity contribution in [2.45, 2.75) is 0 Å². The summed E-state index contributed by atoms with van der Waals surface area (Å²) >= 11 is 6.52. The van der Waals surface area contributed by atoms with Gasteiger partial charge in [-0.2, -0.15) is 0 Å². The summed E-state index contributed by atoms with van der Waals surface area (Å²) in [5.41, 5.74) is 9.15. The van der Waals surface area contributed by atoms with Crippen LogP contribution < -0.4 is 0 Å². The highest BCUT2D eigenvalue weighted by molar-refractivity contribution is 6.36. The molecule has 0 saturated carbocycles. The predicted molar refractivity (Wildman–Crippen MR) is 170 cm³/mol. The summed E-state index contributed by atoms with van der Waals surface area (Å²) < 4.78 is 6.19. The summed E-state index contributed by atoms with van der Waals surface area (Å²) in [6.07, 6.45) is 0. The molecule has 2 aromatic heterocycles. The van der Waals surface area contributed by atoms with E-state index < -0.39 is 0 Å². The molecule has 0 N–H and O–H groups in total. The SMILES string of the molecule is Clc1cccc2c1oc1cccc(-c3nc(-c4ccccc4)nc(-c4ccc5c6c(cccc46)-c4ccccc4-5)n3)c12. The van der Waals surface area contributed by atoms with E-state index in [1.165, 1.54) is 27.6 Å². The smallest absolute Gasteiger partial charge is 0.164 e. The molecule has 0 amide bonds. The van der Waals surface area contributed by atoms with E-state index in [2.05, 4.69) is 54.6 Å². The van der Waals surface area contributed by atoms with E-state index in [1.807, 2.05) is 66.7 Å². The van der Waals surface area contributed by atoms with Crippen molar-refractivity contribution in [1.29, 1.82) is 0 Å². The first-order valence-corrected chi connectivity index (χ1v) is 14.2. The van der Waals surface area contributed by atoms with Crippen molar-refractivity contribution >= 4 is 44.3 Å². The number of rotatable bonds is 3. The Morgan fingerprint density at radius 2 is 1.02 bits per heavy atom. The van der Waals surface area contributed by atoms with Gasteiger partial charge in [-0.25, -0.2) is 15.0 Å². The topological polar surface area (TPSA) is 51.8 Å². The van der Waals surface area contributed by atoms with Gasteiger partial charge in [0.15, 0.2) is 23.1 Å². The van der Waals surface area contributed by atoms with Crippen molar-refractivity contribution in [3.05, 3.63) is 126 Å². The quantitative estimate of drug-likeness (QED) is 0.217. The molecule has 0 spiro atoms. The Hall–Kier alpha value is -5.32. The molecule has 196 valence electrons. The number of furan rings is 1. The molecule has 0 unspecified atom stereocenters. The van der Waals surface area contributed by atoms with E-state index in [4.69, 9.17) is 31.0 Å². The van der Waals surface area contributed by atoms with Gasteiger partial charge < -0.3 is 4.42 Å². The molecule has 4 nitrogen and oxygen atoms in total. The fraction of sp³-hybridized carbons (Fsp3) is 0. The van der Waals surface area contributed by atoms with Crippen LogP contribution in [0.25, 0.3) is 89.1 Å². The molecular formula is C37H20ClN3O. The first kappa shape index (κ1) is 23.4. The maximum atomic E-state index is 6.52. The number of halogens is 1. The van der Waals surface area contributed by atoms with E-state index in [0.717, 1.165) is 38.4 Å². The lowest BCUT2D eigenvalue weighted by Gasteiger charge is -2.12. The molecule has 8 aromatic rings. The standard InChI is InChI=1S/C37H20ClN3O/c38-30-17-7-15-28-33-29(16-8-18-31(33)42-34(28)30)37-40-35(21-9-2-1-3-10-21)39-36(41-37)27-20-19-26-23-12-5-4-11-22(23)24-13-6-14-25(27)32(24)26/h1-20H. The molecular weight excluding hydrogens is 538 g/mol. The van der Waals surface area contributed by atoms with Crippen molar-refractivity contribution in [2.75, 3.05) is 0 Å². The second-order valence-corrected chi connectivity index (χ2v) is 10.9. The zero-order valence-electron chi connectivity index (χ0n) is 22.2. The van der Waals surface area contributed by atoms with E-state index >= 15 is 0 Å². The van der Waals surface area contributed by atoms with Gasteiger partial charge in [0.25, 0.3) is 0 Å². The minimum absolute atomic E-state index is 0.574. The van der Waals surface area contributed by atoms with Crippen molar-refractivity contribution in [1.82, 2.24) is 15.0 Å². The van der Waals surface area contributed by atoms with Crippen molar-refractivity contribution in [3.63, 3.8) is 0 Å². The van der Waals surface area contributed by atoms with Crippen molar-refractivity contribution < 1.29 is 4.42 Å². The van der Waals surface area contributed by atoms with Crippen molar-refractivity contribution in [2.24, 2.45) is 0 Å². The van der Waals surface area contributed by atoms with E-state index in [1.54, 1.807) is 0 Å². The van der Waals surface area contributed by atoms with Gasteiger partial charge in [-0.05, 0) is 51.2 Å². The molecule has 42 heavy (non-hydrogen) atoms. The summed E-state index contributed by atoms with van der Waals surface area (Å²) in [5, 5.41) is 4.79. The largest absolute Gasteiger partial charge is 0.454 e. The molecule has 0 fully saturated rings. The van der Waals surface area contributed by atoms with Crippen LogP contribution in [0.3, 0.4) is 0 Å². The lowest BCUT2D eigenvalue weighted by Crippen LogP contribution is -2.01. The van der Waals surface area contributed by atoms with Gasteiger partial charge in [0.05, 0.1) is 5.02 Å². The first-order chi connectivity index (χ1) is 20.7. The third-order valence-electron chi connectivity index (χ3n) is 8.17. The third kappa shape index (κ3) is 3.33. The molecule has 2 heterocycles. The Labute approximate surface area is 245 Å². The number of nitrogens with zero attached hydrogens (tertiary/aromatic N) is 3. The van der Waals surface area contributed by atoms with E-state index in [-0.39, 0.29) is 0 Å². The molecule has 0 bridgehead atoms. The Morgan fingerprint density at radius 3 is 1.86 bits per heavy atom. The molecule has 1 aliphatic rings. The minimum atomic E-state index is 0.574. The molecule has 5 heteroatoms.